The summed E-state index contributed by atoms with van der Waals surface area (Å²) < 4.78 is 5.23. The van der Waals surface area contributed by atoms with Crippen molar-refractivity contribution in [3.8, 4) is 0 Å². The van der Waals surface area contributed by atoms with Crippen LogP contribution in [0, 0.1) is 0 Å². The van der Waals surface area contributed by atoms with E-state index >= 15 is 0 Å². The number of nitrogens with zero attached hydrogens (tertiary/aromatic N) is 3. The van der Waals surface area contributed by atoms with Crippen LogP contribution in [0.2, 0.25) is 0 Å². The molecule has 0 saturated carbocycles. The number of hydrogen-bond donors (Lipinski definition) is 3. The molecular formula is C15H15N5O3. The van der Waals surface area contributed by atoms with Gasteiger partial charge in [0.05, 0.1) is 36.8 Å². The van der Waals surface area contributed by atoms with E-state index in [9.17, 15) is 9.90 Å². The summed E-state index contributed by atoms with van der Waals surface area (Å²) in [6.45, 7) is 1.26. The summed E-state index contributed by atoms with van der Waals surface area (Å²) in [6, 6.07) is 1.84. The number of aromatic carboxylic acids is 1. The molecular weight excluding hydrogens is 298 g/mol. The first-order valence-corrected chi connectivity index (χ1v) is 7.28. The van der Waals surface area contributed by atoms with Gasteiger partial charge in [0.1, 0.15) is 5.69 Å². The van der Waals surface area contributed by atoms with Gasteiger partial charge in [0, 0.05) is 36.3 Å². The van der Waals surface area contributed by atoms with Crippen molar-refractivity contribution in [2.75, 3.05) is 6.54 Å². The van der Waals surface area contributed by atoms with E-state index in [4.69, 9.17) is 4.42 Å². The quantitative estimate of drug-likeness (QED) is 0.674. The van der Waals surface area contributed by atoms with Gasteiger partial charge in [-0.05, 0) is 6.07 Å². The van der Waals surface area contributed by atoms with E-state index in [1.54, 1.807) is 25.1 Å². The van der Waals surface area contributed by atoms with Crippen molar-refractivity contribution >= 4 is 5.97 Å². The Balaban J connectivity index is 1.70. The molecule has 0 unspecified atom stereocenters. The van der Waals surface area contributed by atoms with Gasteiger partial charge in [-0.1, -0.05) is 0 Å². The molecule has 0 amide bonds. The lowest BCUT2D eigenvalue weighted by atomic mass is 9.97. The van der Waals surface area contributed by atoms with E-state index in [2.05, 4.69) is 25.1 Å². The van der Waals surface area contributed by atoms with Crippen LogP contribution in [0.15, 0.2) is 35.5 Å². The molecule has 0 bridgehead atoms. The first-order chi connectivity index (χ1) is 11.2. The number of nitrogens with one attached hydrogen (secondary N) is 2. The Morgan fingerprint density at radius 1 is 1.52 bits per heavy atom. The number of aromatic nitrogens is 4. The molecule has 3 aromatic rings. The molecule has 1 atom stereocenters. The smallest absolute Gasteiger partial charge is 0.354 e. The number of imidazole rings is 1. The van der Waals surface area contributed by atoms with Crippen molar-refractivity contribution < 1.29 is 14.3 Å². The largest absolute Gasteiger partial charge is 0.477 e. The van der Waals surface area contributed by atoms with Crippen LogP contribution in [0.1, 0.15) is 39.0 Å². The number of fused-ring (bicyclic) bond motifs is 1. The van der Waals surface area contributed by atoms with Crippen LogP contribution in [0.25, 0.3) is 0 Å². The highest BCUT2D eigenvalue weighted by Gasteiger charge is 2.32. The van der Waals surface area contributed by atoms with E-state index in [0.717, 1.165) is 29.9 Å². The number of aromatic amines is 2. The lowest BCUT2D eigenvalue weighted by molar-refractivity contribution is 0.0687. The highest BCUT2D eigenvalue weighted by Crippen LogP contribution is 2.34. The third kappa shape index (κ3) is 2.33. The molecule has 3 N–H and O–H groups in total. The first kappa shape index (κ1) is 13.8. The van der Waals surface area contributed by atoms with E-state index in [-0.39, 0.29) is 11.7 Å². The second-order valence-corrected chi connectivity index (χ2v) is 5.52. The second-order valence-electron chi connectivity index (χ2n) is 5.52. The number of carbonyl (C=O) groups is 1. The lowest BCUT2D eigenvalue weighted by Gasteiger charge is -2.34. The number of H-pyrrole nitrogens is 2. The van der Waals surface area contributed by atoms with E-state index in [1.807, 2.05) is 6.07 Å². The molecule has 4 heterocycles. The zero-order chi connectivity index (χ0) is 15.8. The molecule has 0 spiro atoms. The Bertz CT molecular complexity index is 820. The molecule has 0 radical (unpaired) electrons. The molecule has 0 saturated heterocycles. The van der Waals surface area contributed by atoms with Gasteiger partial charge in [-0.15, -0.1) is 0 Å². The molecule has 0 aromatic carbocycles. The fourth-order valence-electron chi connectivity index (χ4n) is 3.13. The average molecular weight is 313 g/mol. The molecule has 118 valence electrons. The topological polar surface area (TPSA) is 111 Å². The number of hydrogen-bond acceptors (Lipinski definition) is 5. The molecule has 0 aliphatic carbocycles. The van der Waals surface area contributed by atoms with Gasteiger partial charge in [-0.3, -0.25) is 10.00 Å². The summed E-state index contributed by atoms with van der Waals surface area (Å²) in [6.07, 6.45) is 7.44. The molecule has 4 rings (SSSR count). The summed E-state index contributed by atoms with van der Waals surface area (Å²) >= 11 is 0. The molecule has 8 heteroatoms. The van der Waals surface area contributed by atoms with Gasteiger partial charge >= 0.3 is 5.97 Å². The van der Waals surface area contributed by atoms with Crippen LogP contribution in [-0.2, 0) is 13.0 Å². The molecule has 23 heavy (non-hydrogen) atoms. The molecule has 8 nitrogen and oxygen atoms in total. The van der Waals surface area contributed by atoms with E-state index in [0.29, 0.717) is 12.1 Å². The van der Waals surface area contributed by atoms with Crippen LogP contribution < -0.4 is 0 Å². The summed E-state index contributed by atoms with van der Waals surface area (Å²) in [7, 11) is 0. The SMILES string of the molecule is O=C(O)c1[nH]ncc1CN1CCc2[nH]cnc2[C@H]1c1ccoc1. The van der Waals surface area contributed by atoms with Crippen molar-refractivity contribution in [3.63, 3.8) is 0 Å². The van der Waals surface area contributed by atoms with Crippen LogP contribution >= 0.6 is 0 Å². The lowest BCUT2D eigenvalue weighted by Crippen LogP contribution is -2.36. The van der Waals surface area contributed by atoms with Crippen molar-refractivity contribution in [2.45, 2.75) is 19.0 Å². The average Bonchev–Trinajstić information content (AvgIpc) is 3.28. The predicted molar refractivity (Wildman–Crippen MR) is 78.8 cm³/mol. The first-order valence-electron chi connectivity index (χ1n) is 7.28. The van der Waals surface area contributed by atoms with Crippen LogP contribution in [0.4, 0.5) is 0 Å². The third-order valence-electron chi connectivity index (χ3n) is 4.19. The van der Waals surface area contributed by atoms with Crippen molar-refractivity contribution in [3.05, 3.63) is 59.3 Å². The molecule has 3 aromatic heterocycles. The highest BCUT2D eigenvalue weighted by molar-refractivity contribution is 5.86. The number of carboxylic acids is 1. The Hall–Kier alpha value is -2.87. The maximum Gasteiger partial charge on any atom is 0.354 e. The third-order valence-corrected chi connectivity index (χ3v) is 4.19. The molecule has 1 aliphatic rings. The summed E-state index contributed by atoms with van der Waals surface area (Å²) in [5.41, 5.74) is 3.85. The summed E-state index contributed by atoms with van der Waals surface area (Å²) in [5.74, 6) is -1.00. The van der Waals surface area contributed by atoms with Crippen molar-refractivity contribution in [1.29, 1.82) is 0 Å². The minimum Gasteiger partial charge on any atom is -0.477 e. The molecule has 0 fully saturated rings. The second kappa shape index (κ2) is 5.40. The zero-order valence-corrected chi connectivity index (χ0v) is 12.2. The normalized spacial score (nSPS) is 18.0. The number of rotatable bonds is 4. The Morgan fingerprint density at radius 2 is 2.43 bits per heavy atom. The van der Waals surface area contributed by atoms with Gasteiger partial charge < -0.3 is 14.5 Å². The highest BCUT2D eigenvalue weighted by atomic mass is 16.4. The summed E-state index contributed by atoms with van der Waals surface area (Å²) in [5, 5.41) is 15.6. The number of furan rings is 1. The van der Waals surface area contributed by atoms with Crippen LogP contribution in [0.5, 0.6) is 0 Å². The fraction of sp³-hybridized carbons (Fsp3) is 0.267. The maximum absolute atomic E-state index is 11.3. The summed E-state index contributed by atoms with van der Waals surface area (Å²) in [4.78, 5) is 21.1. The minimum atomic E-state index is -1.00. The molecule has 1 aliphatic heterocycles. The monoisotopic (exact) mass is 313 g/mol. The van der Waals surface area contributed by atoms with E-state index in [1.165, 1.54) is 0 Å². The van der Waals surface area contributed by atoms with Gasteiger partial charge in [0.25, 0.3) is 0 Å². The Labute approximate surface area is 131 Å². The van der Waals surface area contributed by atoms with Crippen molar-refractivity contribution in [1.82, 2.24) is 25.1 Å². The Kier molecular flexibility index (Phi) is 3.23. The Morgan fingerprint density at radius 3 is 3.22 bits per heavy atom. The fourth-order valence-corrected chi connectivity index (χ4v) is 3.13. The number of carboxylic acid groups (broad SMARTS) is 1. The minimum absolute atomic E-state index is 0.0692. The van der Waals surface area contributed by atoms with Crippen molar-refractivity contribution in [2.24, 2.45) is 0 Å². The zero-order valence-electron chi connectivity index (χ0n) is 12.2. The van der Waals surface area contributed by atoms with Gasteiger partial charge in [0.2, 0.25) is 0 Å². The standard InChI is InChI=1S/C15H15N5O3/c21-15(22)12-10(5-18-19-12)6-20-3-1-11-13(17-8-16-11)14(20)9-2-4-23-7-9/h2,4-5,7-8,14H,1,3,6H2,(H,16,17)(H,18,19)(H,21,22)/t14-/m1/s1. The van der Waals surface area contributed by atoms with Crippen LogP contribution in [-0.4, -0.2) is 42.7 Å². The van der Waals surface area contributed by atoms with Crippen LogP contribution in [0.3, 0.4) is 0 Å². The van der Waals surface area contributed by atoms with Gasteiger partial charge in [0.15, 0.2) is 0 Å². The maximum atomic E-state index is 11.3. The predicted octanol–water partition coefficient (Wildman–Crippen LogP) is 1.57. The van der Waals surface area contributed by atoms with E-state index < -0.39 is 5.97 Å². The van der Waals surface area contributed by atoms with Gasteiger partial charge in [-0.25, -0.2) is 9.78 Å². The van der Waals surface area contributed by atoms with Gasteiger partial charge in [-0.2, -0.15) is 5.10 Å².